The third-order valence-electron chi connectivity index (χ3n) is 4.41. The van der Waals surface area contributed by atoms with Gasteiger partial charge in [0.05, 0.1) is 10.0 Å². The fourth-order valence-corrected chi connectivity index (χ4v) is 5.27. The highest BCUT2D eigenvalue weighted by Gasteiger charge is 2.50. The Morgan fingerprint density at radius 3 is 1.79 bits per heavy atom. The van der Waals surface area contributed by atoms with Crippen LogP contribution in [-0.2, 0) is 14.9 Å². The van der Waals surface area contributed by atoms with Crippen molar-refractivity contribution in [2.45, 2.75) is 4.75 Å². The summed E-state index contributed by atoms with van der Waals surface area (Å²) in [6.45, 7) is 0. The van der Waals surface area contributed by atoms with Gasteiger partial charge in [0, 0.05) is 15.6 Å². The number of hydrogen-bond donors (Lipinski definition) is 3. The topological polar surface area (TPSA) is 94.8 Å². The van der Waals surface area contributed by atoms with Crippen molar-refractivity contribution in [1.82, 2.24) is 0 Å². The molecule has 0 saturated heterocycles. The summed E-state index contributed by atoms with van der Waals surface area (Å²) in [5, 5.41) is 20.3. The van der Waals surface area contributed by atoms with E-state index in [4.69, 9.17) is 46.4 Å². The van der Waals surface area contributed by atoms with E-state index < -0.39 is 26.4 Å². The first-order valence-corrected chi connectivity index (χ1v) is 10.8. The SMILES string of the molecule is O=S(=O)(O)C(c1ccc(Cl)cc1)(c1ccc(Cl)c(O)c1)c1cc(O)c(Cl)cc1Cl. The Hall–Kier alpha value is -1.67. The summed E-state index contributed by atoms with van der Waals surface area (Å²) in [5.41, 5.74) is -0.213. The summed E-state index contributed by atoms with van der Waals surface area (Å²) < 4.78 is 34.0. The molecule has 0 fully saturated rings. The maximum Gasteiger partial charge on any atom is 0.283 e. The molecule has 10 heteroatoms. The third-order valence-corrected chi connectivity index (χ3v) is 7.06. The smallest absolute Gasteiger partial charge is 0.283 e. The van der Waals surface area contributed by atoms with Crippen LogP contribution in [0.5, 0.6) is 11.5 Å². The molecule has 152 valence electrons. The van der Waals surface area contributed by atoms with Gasteiger partial charge in [-0.25, -0.2) is 0 Å². The molecule has 3 aromatic carbocycles. The zero-order chi connectivity index (χ0) is 21.6. The molecule has 0 amide bonds. The molecule has 0 bridgehead atoms. The summed E-state index contributed by atoms with van der Waals surface area (Å²) in [5.74, 6) is -0.869. The normalized spacial score (nSPS) is 13.8. The molecule has 0 aliphatic carbocycles. The summed E-state index contributed by atoms with van der Waals surface area (Å²) in [7, 11) is -5.02. The van der Waals surface area contributed by atoms with Gasteiger partial charge in [0.15, 0.2) is 4.75 Å². The van der Waals surface area contributed by atoms with Gasteiger partial charge in [-0.3, -0.25) is 4.55 Å². The lowest BCUT2D eigenvalue weighted by molar-refractivity contribution is 0.455. The highest BCUT2D eigenvalue weighted by atomic mass is 35.5. The molecule has 3 N–H and O–H groups in total. The maximum absolute atomic E-state index is 12.9. The highest BCUT2D eigenvalue weighted by molar-refractivity contribution is 7.87. The van der Waals surface area contributed by atoms with Crippen molar-refractivity contribution < 1.29 is 23.2 Å². The first kappa shape index (κ1) is 22.0. The zero-order valence-corrected chi connectivity index (χ0v) is 18.1. The number of phenols is 2. The molecule has 0 saturated carbocycles. The van der Waals surface area contributed by atoms with Crippen LogP contribution < -0.4 is 0 Å². The van der Waals surface area contributed by atoms with Crippen LogP contribution in [0.25, 0.3) is 0 Å². The summed E-state index contributed by atoms with van der Waals surface area (Å²) in [6.07, 6.45) is 0. The van der Waals surface area contributed by atoms with Crippen LogP contribution in [0.4, 0.5) is 0 Å². The van der Waals surface area contributed by atoms with Crippen molar-refractivity contribution in [1.29, 1.82) is 0 Å². The fourth-order valence-electron chi connectivity index (χ4n) is 3.14. The van der Waals surface area contributed by atoms with Gasteiger partial charge >= 0.3 is 0 Å². The van der Waals surface area contributed by atoms with Crippen molar-refractivity contribution in [2.75, 3.05) is 0 Å². The van der Waals surface area contributed by atoms with Crippen LogP contribution in [0.1, 0.15) is 16.7 Å². The molecule has 0 heterocycles. The monoisotopic (exact) mass is 492 g/mol. The van der Waals surface area contributed by atoms with Gasteiger partial charge in [0.1, 0.15) is 11.5 Å². The van der Waals surface area contributed by atoms with Gasteiger partial charge in [-0.1, -0.05) is 64.6 Å². The minimum Gasteiger partial charge on any atom is -0.506 e. The average Bonchev–Trinajstić information content (AvgIpc) is 2.63. The number of halogens is 4. The van der Waals surface area contributed by atoms with Crippen LogP contribution >= 0.6 is 46.4 Å². The summed E-state index contributed by atoms with van der Waals surface area (Å²) in [6, 6.07) is 11.5. The van der Waals surface area contributed by atoms with E-state index in [2.05, 4.69) is 0 Å². The Bertz CT molecular complexity index is 1200. The second-order valence-electron chi connectivity index (χ2n) is 6.11. The molecule has 0 radical (unpaired) electrons. The second kappa shape index (κ2) is 7.87. The quantitative estimate of drug-likeness (QED) is 0.311. The van der Waals surface area contributed by atoms with Gasteiger partial charge in [-0.2, -0.15) is 8.42 Å². The minimum atomic E-state index is -5.02. The van der Waals surface area contributed by atoms with Crippen LogP contribution in [0.15, 0.2) is 54.6 Å². The lowest BCUT2D eigenvalue weighted by Gasteiger charge is -2.33. The molecular weight excluding hydrogens is 482 g/mol. The van der Waals surface area contributed by atoms with Crippen LogP contribution in [0, 0.1) is 0 Å². The van der Waals surface area contributed by atoms with Crippen molar-refractivity contribution in [3.63, 3.8) is 0 Å². The molecule has 1 unspecified atom stereocenters. The number of rotatable bonds is 4. The Morgan fingerprint density at radius 2 is 1.24 bits per heavy atom. The number of aromatic hydroxyl groups is 2. The van der Waals surface area contributed by atoms with E-state index in [0.717, 1.165) is 18.2 Å². The van der Waals surface area contributed by atoms with Gasteiger partial charge in [-0.05, 0) is 47.5 Å². The summed E-state index contributed by atoms with van der Waals surface area (Å²) in [4.78, 5) is 0. The van der Waals surface area contributed by atoms with Gasteiger partial charge in [0.25, 0.3) is 10.1 Å². The zero-order valence-electron chi connectivity index (χ0n) is 14.3. The van der Waals surface area contributed by atoms with E-state index in [1.54, 1.807) is 0 Å². The Kier molecular flexibility index (Phi) is 5.98. The molecule has 0 aromatic heterocycles. The first-order chi connectivity index (χ1) is 13.5. The van der Waals surface area contributed by atoms with Crippen LogP contribution in [0.2, 0.25) is 20.1 Å². The van der Waals surface area contributed by atoms with E-state index in [1.165, 1.54) is 36.4 Å². The summed E-state index contributed by atoms with van der Waals surface area (Å²) >= 11 is 24.0. The molecule has 0 spiro atoms. The molecule has 0 aliphatic heterocycles. The molecule has 0 aliphatic rings. The van der Waals surface area contributed by atoms with Crippen molar-refractivity contribution in [3.8, 4) is 11.5 Å². The van der Waals surface area contributed by atoms with Crippen molar-refractivity contribution in [3.05, 3.63) is 91.4 Å². The molecule has 29 heavy (non-hydrogen) atoms. The Morgan fingerprint density at radius 1 is 0.690 bits per heavy atom. The van der Waals surface area contributed by atoms with Gasteiger partial charge in [0.2, 0.25) is 0 Å². The fraction of sp³-hybridized carbons (Fsp3) is 0.0526. The molecule has 3 aromatic rings. The third kappa shape index (κ3) is 3.77. The maximum atomic E-state index is 12.9. The second-order valence-corrected chi connectivity index (χ2v) is 9.33. The van der Waals surface area contributed by atoms with Crippen LogP contribution in [0.3, 0.4) is 0 Å². The highest BCUT2D eigenvalue weighted by Crippen LogP contribution is 2.49. The molecule has 5 nitrogen and oxygen atoms in total. The van der Waals surface area contributed by atoms with E-state index >= 15 is 0 Å². The largest absolute Gasteiger partial charge is 0.506 e. The predicted octanol–water partition coefficient (Wildman–Crippen LogP) is 5.89. The predicted molar refractivity (Wildman–Crippen MR) is 114 cm³/mol. The number of benzene rings is 3. The van der Waals surface area contributed by atoms with Gasteiger partial charge < -0.3 is 10.2 Å². The standard InChI is InChI=1S/C19H12Cl4O5S/c20-12-4-1-10(2-5-12)19(29(26,27)28,11-3-6-14(21)17(24)7-11)13-8-18(25)16(23)9-15(13)22/h1-9,24-25H,(H,26,27,28). The molecule has 1 atom stereocenters. The first-order valence-electron chi connectivity index (χ1n) is 7.89. The van der Waals surface area contributed by atoms with Crippen molar-refractivity contribution >= 4 is 56.5 Å². The Labute approximate surface area is 186 Å². The number of phenolic OH excluding ortho intramolecular Hbond substituents is 2. The Balaban J connectivity index is 2.56. The molecular formula is C19H12Cl4O5S. The lowest BCUT2D eigenvalue weighted by atomic mass is 9.83. The van der Waals surface area contributed by atoms with E-state index in [-0.39, 0.29) is 31.8 Å². The minimum absolute atomic E-state index is 0.0286. The van der Waals surface area contributed by atoms with Crippen molar-refractivity contribution in [2.24, 2.45) is 0 Å². The average molecular weight is 494 g/mol. The van der Waals surface area contributed by atoms with E-state index in [9.17, 15) is 23.2 Å². The lowest BCUT2D eigenvalue weighted by Crippen LogP contribution is -2.38. The van der Waals surface area contributed by atoms with E-state index in [0.29, 0.717) is 5.02 Å². The van der Waals surface area contributed by atoms with Crippen LogP contribution in [-0.4, -0.2) is 23.2 Å². The van der Waals surface area contributed by atoms with Gasteiger partial charge in [-0.15, -0.1) is 0 Å². The number of hydrogen-bond acceptors (Lipinski definition) is 4. The van der Waals surface area contributed by atoms with E-state index in [1.807, 2.05) is 0 Å². The molecule has 3 rings (SSSR count).